The molecule has 0 radical (unpaired) electrons. The molecule has 0 heterocycles. The van der Waals surface area contributed by atoms with Crippen LogP contribution in [0.2, 0.25) is 0 Å². The van der Waals surface area contributed by atoms with Crippen molar-refractivity contribution in [3.05, 3.63) is 60.2 Å². The van der Waals surface area contributed by atoms with E-state index in [4.69, 9.17) is 0 Å². The number of benzene rings is 2. The molecule has 0 saturated carbocycles. The van der Waals surface area contributed by atoms with Gasteiger partial charge in [-0.25, -0.2) is 0 Å². The van der Waals surface area contributed by atoms with Crippen molar-refractivity contribution in [2.24, 2.45) is 0 Å². The Labute approximate surface area is 105 Å². The fraction of sp³-hybridized carbons (Fsp3) is 0.0769. The van der Waals surface area contributed by atoms with Crippen molar-refractivity contribution in [1.29, 1.82) is 0 Å². The molecule has 0 aliphatic rings. The van der Waals surface area contributed by atoms with E-state index in [1.807, 2.05) is 0 Å². The molecule has 0 fully saturated rings. The average Bonchev–Trinajstić information content (AvgIpc) is 2.23. The normalized spacial score (nSPS) is 10.2. The van der Waals surface area contributed by atoms with Crippen molar-refractivity contribution < 1.29 is 0 Å². The van der Waals surface area contributed by atoms with Crippen LogP contribution in [0.1, 0.15) is 5.56 Å². The van der Waals surface area contributed by atoms with Crippen molar-refractivity contribution in [2.75, 3.05) is 0 Å². The minimum absolute atomic E-state index is 0. The third-order valence-electron chi connectivity index (χ3n) is 2.20. The molecule has 1 unspecified atom stereocenters. The van der Waals surface area contributed by atoms with Crippen molar-refractivity contribution in [3.63, 3.8) is 0 Å². The maximum absolute atomic E-state index is 2.21. The second-order valence-corrected chi connectivity index (χ2v) is 4.67. The van der Waals surface area contributed by atoms with Crippen molar-refractivity contribution in [3.8, 4) is 0 Å². The van der Waals surface area contributed by atoms with Crippen LogP contribution in [0.3, 0.4) is 0 Å². The maximum atomic E-state index is 2.21. The van der Waals surface area contributed by atoms with Crippen LogP contribution in [-0.4, -0.2) is 18.9 Å². The van der Waals surface area contributed by atoms with Crippen LogP contribution in [0.25, 0.3) is 0 Å². The van der Waals surface area contributed by atoms with E-state index >= 15 is 0 Å². The van der Waals surface area contributed by atoms with Gasteiger partial charge in [-0.2, -0.15) is 0 Å². The van der Waals surface area contributed by atoms with Crippen molar-refractivity contribution >= 4 is 38.1 Å². The molecule has 0 saturated heterocycles. The molecule has 0 aliphatic heterocycles. The summed E-state index contributed by atoms with van der Waals surface area (Å²) in [6, 6.07) is 19.2. The Hall–Kier alpha value is -0.533. The second kappa shape index (κ2) is 6.14. The molecule has 0 spiro atoms. The quantitative estimate of drug-likeness (QED) is 0.523. The molecule has 2 aromatic carbocycles. The van der Waals surface area contributed by atoms with Gasteiger partial charge in [0.2, 0.25) is 0 Å². The van der Waals surface area contributed by atoms with Gasteiger partial charge >= 0.3 is 18.9 Å². The molecular formula is C13H14LiP. The summed E-state index contributed by atoms with van der Waals surface area (Å²) < 4.78 is 0. The summed E-state index contributed by atoms with van der Waals surface area (Å²) >= 11 is 0. The predicted octanol–water partition coefficient (Wildman–Crippen LogP) is 1.98. The Morgan fingerprint density at radius 1 is 0.800 bits per heavy atom. The number of aryl methyl sites for hydroxylation is 1. The minimum atomic E-state index is 0. The molecule has 0 aliphatic carbocycles. The third-order valence-corrected chi connectivity index (χ3v) is 3.65. The van der Waals surface area contributed by atoms with Gasteiger partial charge in [-0.05, 0) is 23.1 Å². The van der Waals surface area contributed by atoms with Gasteiger partial charge < -0.3 is 0 Å². The summed E-state index contributed by atoms with van der Waals surface area (Å²) in [5.41, 5.74) is 1.38. The van der Waals surface area contributed by atoms with Crippen molar-refractivity contribution in [1.82, 2.24) is 0 Å². The number of hydrogen-bond acceptors (Lipinski definition) is 0. The average molecular weight is 208 g/mol. The Morgan fingerprint density at radius 2 is 1.40 bits per heavy atom. The van der Waals surface area contributed by atoms with E-state index in [0.29, 0.717) is 0 Å². The van der Waals surface area contributed by atoms with Crippen LogP contribution in [0, 0.1) is 6.92 Å². The summed E-state index contributed by atoms with van der Waals surface area (Å²) in [6.45, 7) is 2.17. The zero-order valence-corrected chi connectivity index (χ0v) is 9.20. The van der Waals surface area contributed by atoms with E-state index in [9.17, 15) is 0 Å². The molecule has 1 atom stereocenters. The monoisotopic (exact) mass is 208 g/mol. The van der Waals surface area contributed by atoms with E-state index < -0.39 is 0 Å². The first-order valence-electron chi connectivity index (χ1n) is 4.74. The van der Waals surface area contributed by atoms with Gasteiger partial charge in [0, 0.05) is 0 Å². The van der Waals surface area contributed by atoms with Gasteiger partial charge in [0.1, 0.15) is 0 Å². The number of hydrogen-bond donors (Lipinski definition) is 0. The van der Waals surface area contributed by atoms with Crippen LogP contribution in [0.15, 0.2) is 54.6 Å². The first-order valence-corrected chi connectivity index (χ1v) is 5.74. The molecule has 0 bridgehead atoms. The molecular weight excluding hydrogens is 194 g/mol. The van der Waals surface area contributed by atoms with Gasteiger partial charge in [-0.15, -0.1) is 0 Å². The Morgan fingerprint density at radius 3 is 2.07 bits per heavy atom. The summed E-state index contributed by atoms with van der Waals surface area (Å²) in [5, 5.41) is 2.85. The standard InChI is InChI=1S/C13H13P.Li.H/c1-11-7-5-6-10-13(11)14-12-8-3-2-4-9-12;;/h2-10,14H,1H3;;. The molecule has 0 nitrogen and oxygen atoms in total. The first-order chi connectivity index (χ1) is 6.86. The van der Waals surface area contributed by atoms with E-state index in [2.05, 4.69) is 61.5 Å². The summed E-state index contributed by atoms with van der Waals surface area (Å²) in [6.07, 6.45) is 0. The Balaban J connectivity index is 0.00000112. The van der Waals surface area contributed by atoms with Gasteiger partial charge in [0.25, 0.3) is 0 Å². The molecule has 2 aromatic rings. The summed E-state index contributed by atoms with van der Waals surface area (Å²) in [5.74, 6) is 0. The van der Waals surface area contributed by atoms with Crippen LogP contribution in [-0.2, 0) is 0 Å². The molecule has 15 heavy (non-hydrogen) atoms. The van der Waals surface area contributed by atoms with Gasteiger partial charge in [0.15, 0.2) is 0 Å². The molecule has 0 aromatic heterocycles. The molecule has 2 rings (SSSR count). The van der Waals surface area contributed by atoms with E-state index in [-0.39, 0.29) is 18.9 Å². The molecule has 0 amide bonds. The predicted molar refractivity (Wildman–Crippen MR) is 72.4 cm³/mol. The van der Waals surface area contributed by atoms with E-state index in [1.54, 1.807) is 0 Å². The van der Waals surface area contributed by atoms with Crippen LogP contribution >= 0.6 is 8.58 Å². The topological polar surface area (TPSA) is 0 Å². The van der Waals surface area contributed by atoms with Crippen molar-refractivity contribution in [2.45, 2.75) is 6.92 Å². The van der Waals surface area contributed by atoms with E-state index in [0.717, 1.165) is 8.58 Å². The van der Waals surface area contributed by atoms with Crippen LogP contribution in [0.5, 0.6) is 0 Å². The molecule has 2 heteroatoms. The van der Waals surface area contributed by atoms with Crippen LogP contribution in [0.4, 0.5) is 0 Å². The summed E-state index contributed by atoms with van der Waals surface area (Å²) in [4.78, 5) is 0. The fourth-order valence-electron chi connectivity index (χ4n) is 1.39. The first kappa shape index (κ1) is 12.5. The molecule has 72 valence electrons. The van der Waals surface area contributed by atoms with Gasteiger partial charge in [-0.3, -0.25) is 0 Å². The Kier molecular flexibility index (Phi) is 5.13. The fourth-order valence-corrected chi connectivity index (χ4v) is 2.52. The number of rotatable bonds is 2. The molecule has 0 N–H and O–H groups in total. The third kappa shape index (κ3) is 3.51. The zero-order chi connectivity index (χ0) is 9.80. The van der Waals surface area contributed by atoms with Gasteiger partial charge in [0.05, 0.1) is 0 Å². The zero-order valence-electron chi connectivity index (χ0n) is 8.20. The van der Waals surface area contributed by atoms with Crippen LogP contribution < -0.4 is 10.6 Å². The Bertz CT molecular complexity index is 412. The second-order valence-electron chi connectivity index (χ2n) is 3.31. The van der Waals surface area contributed by atoms with E-state index in [1.165, 1.54) is 16.2 Å². The van der Waals surface area contributed by atoms with Gasteiger partial charge in [-0.1, -0.05) is 63.2 Å². The summed E-state index contributed by atoms with van der Waals surface area (Å²) in [7, 11) is 0.776. The SMILES string of the molecule is Cc1ccccc1Pc1ccccc1.[LiH].